The predicted octanol–water partition coefficient (Wildman–Crippen LogP) is 1.02. The quantitative estimate of drug-likeness (QED) is 0.807. The Balaban J connectivity index is 2.18. The number of halogens is 1. The molecule has 1 aliphatic rings. The van der Waals surface area contributed by atoms with Crippen molar-refractivity contribution < 1.29 is 8.42 Å². The number of benzene rings is 1. The lowest BCUT2D eigenvalue weighted by Gasteiger charge is -2.29. The lowest BCUT2D eigenvalue weighted by molar-refractivity contribution is 0.589. The van der Waals surface area contributed by atoms with Gasteiger partial charge >= 0.3 is 0 Å². The number of hydrogen-bond donors (Lipinski definition) is 1. The molecule has 4 nitrogen and oxygen atoms in total. The Hall–Kier alpha value is -0.780. The molecule has 6 heteroatoms. The van der Waals surface area contributed by atoms with Crippen molar-refractivity contribution in [3.63, 3.8) is 0 Å². The first-order chi connectivity index (χ1) is 7.57. The maximum Gasteiger partial charge on any atom is 0.261 e. The Bertz CT molecular complexity index is 452. The van der Waals surface area contributed by atoms with Crippen LogP contribution in [0.5, 0.6) is 0 Å². The number of piperazine rings is 1. The first kappa shape index (κ1) is 11.7. The van der Waals surface area contributed by atoms with E-state index in [1.165, 1.54) is 0 Å². The molecular formula is C10H13ClN2O2S. The second-order valence-electron chi connectivity index (χ2n) is 3.67. The second-order valence-corrected chi connectivity index (χ2v) is 6.23. The minimum atomic E-state index is -3.61. The van der Waals surface area contributed by atoms with Gasteiger partial charge in [0.2, 0.25) is 0 Å². The van der Waals surface area contributed by atoms with Crippen LogP contribution in [0.3, 0.4) is 0 Å². The summed E-state index contributed by atoms with van der Waals surface area (Å²) in [6, 6.07) is 6.67. The maximum absolute atomic E-state index is 11.1. The summed E-state index contributed by atoms with van der Waals surface area (Å²) < 4.78 is 22.1. The molecule has 2 rings (SSSR count). The van der Waals surface area contributed by atoms with Crippen LogP contribution in [0.15, 0.2) is 29.2 Å². The average molecular weight is 261 g/mol. The first-order valence-corrected chi connectivity index (χ1v) is 7.39. The molecule has 0 atom stereocenters. The third-order valence-corrected chi connectivity index (χ3v) is 3.97. The number of nitrogens with zero attached hydrogens (tertiary/aromatic N) is 1. The van der Waals surface area contributed by atoms with Crippen molar-refractivity contribution in [1.82, 2.24) is 5.32 Å². The van der Waals surface area contributed by atoms with Crippen LogP contribution in [0.2, 0.25) is 0 Å². The maximum atomic E-state index is 11.1. The molecule has 16 heavy (non-hydrogen) atoms. The Morgan fingerprint density at radius 2 is 1.69 bits per heavy atom. The molecule has 0 saturated carbocycles. The SMILES string of the molecule is O=S(=O)(Cl)c1ccc(N2CCNCC2)cc1. The number of anilines is 1. The van der Waals surface area contributed by atoms with Gasteiger partial charge in [0.05, 0.1) is 4.90 Å². The predicted molar refractivity (Wildman–Crippen MR) is 64.6 cm³/mol. The minimum Gasteiger partial charge on any atom is -0.369 e. The van der Waals surface area contributed by atoms with E-state index in [1.807, 2.05) is 0 Å². The van der Waals surface area contributed by atoms with Gasteiger partial charge in [0.1, 0.15) is 0 Å². The molecule has 1 aromatic rings. The highest BCUT2D eigenvalue weighted by Gasteiger charge is 2.13. The van der Waals surface area contributed by atoms with E-state index < -0.39 is 9.05 Å². The molecule has 0 bridgehead atoms. The van der Waals surface area contributed by atoms with Gasteiger partial charge in [-0.3, -0.25) is 0 Å². The van der Waals surface area contributed by atoms with Gasteiger partial charge in [-0.15, -0.1) is 0 Å². The van der Waals surface area contributed by atoms with Gasteiger partial charge in [-0.25, -0.2) is 8.42 Å². The monoisotopic (exact) mass is 260 g/mol. The summed E-state index contributed by atoms with van der Waals surface area (Å²) in [5, 5.41) is 3.26. The summed E-state index contributed by atoms with van der Waals surface area (Å²) in [4.78, 5) is 2.36. The standard InChI is InChI=1S/C10H13ClN2O2S/c11-16(14,15)10-3-1-9(2-4-10)13-7-5-12-6-8-13/h1-4,12H,5-8H2. The smallest absolute Gasteiger partial charge is 0.261 e. The van der Waals surface area contributed by atoms with Gasteiger partial charge in [0.15, 0.2) is 0 Å². The Kier molecular flexibility index (Phi) is 3.37. The van der Waals surface area contributed by atoms with Crippen molar-refractivity contribution >= 4 is 25.4 Å². The van der Waals surface area contributed by atoms with Crippen LogP contribution in [-0.4, -0.2) is 34.6 Å². The summed E-state index contributed by atoms with van der Waals surface area (Å²) in [6.07, 6.45) is 0. The highest BCUT2D eigenvalue weighted by atomic mass is 35.7. The summed E-state index contributed by atoms with van der Waals surface area (Å²) in [5.74, 6) is 0. The third-order valence-electron chi connectivity index (χ3n) is 2.60. The topological polar surface area (TPSA) is 49.4 Å². The van der Waals surface area contributed by atoms with Gasteiger partial charge in [-0.1, -0.05) is 0 Å². The van der Waals surface area contributed by atoms with Gasteiger partial charge in [0, 0.05) is 42.5 Å². The van der Waals surface area contributed by atoms with E-state index in [4.69, 9.17) is 10.7 Å². The first-order valence-electron chi connectivity index (χ1n) is 5.08. The van der Waals surface area contributed by atoms with Gasteiger partial charge in [0.25, 0.3) is 9.05 Å². The molecule has 0 spiro atoms. The van der Waals surface area contributed by atoms with Crippen LogP contribution in [-0.2, 0) is 9.05 Å². The largest absolute Gasteiger partial charge is 0.369 e. The van der Waals surface area contributed by atoms with Gasteiger partial charge in [-0.05, 0) is 24.3 Å². The lowest BCUT2D eigenvalue weighted by atomic mass is 10.2. The molecule has 1 fully saturated rings. The lowest BCUT2D eigenvalue weighted by Crippen LogP contribution is -2.43. The molecule has 0 unspecified atom stereocenters. The number of nitrogens with one attached hydrogen (secondary N) is 1. The van der Waals surface area contributed by atoms with Crippen LogP contribution in [0, 0.1) is 0 Å². The summed E-state index contributed by atoms with van der Waals surface area (Å²) in [5.41, 5.74) is 1.03. The zero-order valence-electron chi connectivity index (χ0n) is 8.69. The minimum absolute atomic E-state index is 0.146. The summed E-state index contributed by atoms with van der Waals surface area (Å²) in [6.45, 7) is 3.78. The van der Waals surface area contributed by atoms with Crippen molar-refractivity contribution in [2.45, 2.75) is 4.90 Å². The molecule has 1 aromatic carbocycles. The van der Waals surface area contributed by atoms with Crippen molar-refractivity contribution in [3.05, 3.63) is 24.3 Å². The van der Waals surface area contributed by atoms with E-state index in [9.17, 15) is 8.42 Å². The van der Waals surface area contributed by atoms with E-state index >= 15 is 0 Å². The molecule has 1 N–H and O–H groups in total. The van der Waals surface area contributed by atoms with Gasteiger partial charge in [-0.2, -0.15) is 0 Å². The molecule has 1 aliphatic heterocycles. The zero-order chi connectivity index (χ0) is 11.6. The second kappa shape index (κ2) is 4.61. The molecule has 1 saturated heterocycles. The summed E-state index contributed by atoms with van der Waals surface area (Å²) in [7, 11) is 1.64. The third kappa shape index (κ3) is 2.66. The highest BCUT2D eigenvalue weighted by molar-refractivity contribution is 8.13. The molecule has 0 aliphatic carbocycles. The summed E-state index contributed by atoms with van der Waals surface area (Å²) >= 11 is 0. The van der Waals surface area contributed by atoms with E-state index in [0.717, 1.165) is 31.9 Å². The van der Waals surface area contributed by atoms with Crippen molar-refractivity contribution in [1.29, 1.82) is 0 Å². The number of hydrogen-bond acceptors (Lipinski definition) is 4. The molecule has 0 aromatic heterocycles. The Morgan fingerprint density at radius 1 is 1.12 bits per heavy atom. The zero-order valence-corrected chi connectivity index (χ0v) is 10.3. The van der Waals surface area contributed by atoms with Crippen LogP contribution >= 0.6 is 10.7 Å². The van der Waals surface area contributed by atoms with E-state index in [-0.39, 0.29) is 4.90 Å². The fraction of sp³-hybridized carbons (Fsp3) is 0.400. The fourth-order valence-electron chi connectivity index (χ4n) is 1.74. The molecule has 0 radical (unpaired) electrons. The highest BCUT2D eigenvalue weighted by Crippen LogP contribution is 2.20. The van der Waals surface area contributed by atoms with E-state index in [2.05, 4.69) is 10.2 Å². The van der Waals surface area contributed by atoms with Crippen LogP contribution in [0.25, 0.3) is 0 Å². The van der Waals surface area contributed by atoms with E-state index in [1.54, 1.807) is 24.3 Å². The van der Waals surface area contributed by atoms with Gasteiger partial charge < -0.3 is 10.2 Å². The normalized spacial score (nSPS) is 17.4. The van der Waals surface area contributed by atoms with Crippen LogP contribution in [0.4, 0.5) is 5.69 Å². The van der Waals surface area contributed by atoms with Crippen molar-refractivity contribution in [2.24, 2.45) is 0 Å². The molecule has 1 heterocycles. The average Bonchev–Trinajstić information content (AvgIpc) is 2.29. The van der Waals surface area contributed by atoms with Crippen molar-refractivity contribution in [3.8, 4) is 0 Å². The Labute approximate surface area is 99.6 Å². The van der Waals surface area contributed by atoms with Crippen LogP contribution in [0.1, 0.15) is 0 Å². The number of rotatable bonds is 2. The Morgan fingerprint density at radius 3 is 2.19 bits per heavy atom. The fourth-order valence-corrected chi connectivity index (χ4v) is 2.51. The molecule has 88 valence electrons. The molecule has 0 amide bonds. The van der Waals surface area contributed by atoms with Crippen LogP contribution < -0.4 is 10.2 Å². The molecular weight excluding hydrogens is 248 g/mol. The van der Waals surface area contributed by atoms with Crippen molar-refractivity contribution in [2.75, 3.05) is 31.1 Å². The van der Waals surface area contributed by atoms with E-state index in [0.29, 0.717) is 0 Å².